The second-order valence-corrected chi connectivity index (χ2v) is 12.3. The molecule has 4 aromatic rings. The maximum Gasteiger partial charge on any atom is 0.264 e. The standard InChI is InChI=1S/C31H28BrClFN3O7S/c1-41-27-13-12-24(16-28(27)42-2)45(39,40)37(23-10-8-22(34)9-11-23)18-30(38)36-35-17-20-14-25(32)31(29(15-20)43-3)44-19-21-6-4-5-7-26(21)33/h4-17H,18-19H2,1-3H3,(H,36,38)/b35-17-. The SMILES string of the molecule is COc1ccc(S(=O)(=O)N(CC(=O)N/N=C\c2cc(Br)c(OCc3ccccc3Cl)c(OC)c2)c2ccc(F)cc2)cc1OC. The highest BCUT2D eigenvalue weighted by molar-refractivity contribution is 9.10. The molecule has 0 unspecified atom stereocenters. The van der Waals surface area contributed by atoms with Gasteiger partial charge in [-0.05, 0) is 76.1 Å². The van der Waals surface area contributed by atoms with E-state index in [4.69, 9.17) is 30.5 Å². The van der Waals surface area contributed by atoms with Gasteiger partial charge < -0.3 is 18.9 Å². The van der Waals surface area contributed by atoms with E-state index in [0.29, 0.717) is 32.3 Å². The minimum absolute atomic E-state index is 0.0614. The van der Waals surface area contributed by atoms with Gasteiger partial charge in [-0.2, -0.15) is 5.10 Å². The Hall–Kier alpha value is -4.33. The summed E-state index contributed by atoms with van der Waals surface area (Å²) in [6.45, 7) is -0.462. The molecule has 0 saturated heterocycles. The molecule has 0 radical (unpaired) electrons. The first kappa shape index (κ1) is 33.6. The molecule has 4 rings (SSSR count). The summed E-state index contributed by atoms with van der Waals surface area (Å²) in [6.07, 6.45) is 1.36. The summed E-state index contributed by atoms with van der Waals surface area (Å²) in [5, 5.41) is 4.55. The fraction of sp³-hybridized carbons (Fsp3) is 0.161. The molecule has 10 nitrogen and oxygen atoms in total. The molecular formula is C31H28BrClFN3O7S. The van der Waals surface area contributed by atoms with Crippen LogP contribution in [-0.2, 0) is 21.4 Å². The van der Waals surface area contributed by atoms with E-state index < -0.39 is 28.3 Å². The Balaban J connectivity index is 1.52. The molecule has 4 aromatic carbocycles. The van der Waals surface area contributed by atoms with Crippen molar-refractivity contribution in [3.8, 4) is 23.0 Å². The minimum Gasteiger partial charge on any atom is -0.493 e. The zero-order valence-electron chi connectivity index (χ0n) is 24.3. The Bertz CT molecular complexity index is 1810. The van der Waals surface area contributed by atoms with Gasteiger partial charge in [0, 0.05) is 16.7 Å². The van der Waals surface area contributed by atoms with E-state index in [1.54, 1.807) is 18.2 Å². The number of carbonyl (C=O) groups excluding carboxylic acids is 1. The Morgan fingerprint density at radius 1 is 0.956 bits per heavy atom. The van der Waals surface area contributed by atoms with Crippen molar-refractivity contribution < 1.29 is 36.6 Å². The van der Waals surface area contributed by atoms with Crippen LogP contribution in [-0.4, -0.2) is 48.4 Å². The molecule has 0 aliphatic heterocycles. The van der Waals surface area contributed by atoms with E-state index in [9.17, 15) is 17.6 Å². The number of benzene rings is 4. The lowest BCUT2D eigenvalue weighted by molar-refractivity contribution is -0.119. The van der Waals surface area contributed by atoms with E-state index in [1.165, 1.54) is 57.9 Å². The van der Waals surface area contributed by atoms with Gasteiger partial charge in [0.2, 0.25) is 0 Å². The van der Waals surface area contributed by atoms with Crippen molar-refractivity contribution >= 4 is 55.4 Å². The number of hydrogen-bond donors (Lipinski definition) is 1. The molecule has 45 heavy (non-hydrogen) atoms. The number of sulfonamides is 1. The predicted octanol–water partition coefficient (Wildman–Crippen LogP) is 6.19. The molecule has 0 aliphatic rings. The molecule has 0 bridgehead atoms. The third-order valence-electron chi connectivity index (χ3n) is 6.33. The molecule has 0 atom stereocenters. The van der Waals surface area contributed by atoms with Crippen molar-refractivity contribution in [1.82, 2.24) is 5.43 Å². The number of hydrazone groups is 1. The van der Waals surface area contributed by atoms with Gasteiger partial charge in [0.25, 0.3) is 15.9 Å². The molecule has 0 spiro atoms. The quantitative estimate of drug-likeness (QED) is 0.129. The van der Waals surface area contributed by atoms with Gasteiger partial charge in [-0.15, -0.1) is 0 Å². The molecule has 0 aliphatic carbocycles. The van der Waals surface area contributed by atoms with E-state index in [2.05, 4.69) is 26.5 Å². The monoisotopic (exact) mass is 719 g/mol. The lowest BCUT2D eigenvalue weighted by Crippen LogP contribution is -2.39. The third-order valence-corrected chi connectivity index (χ3v) is 9.06. The third kappa shape index (κ3) is 8.24. The zero-order valence-corrected chi connectivity index (χ0v) is 27.4. The summed E-state index contributed by atoms with van der Waals surface area (Å²) < 4.78 is 64.3. The largest absolute Gasteiger partial charge is 0.493 e. The Morgan fingerprint density at radius 3 is 2.31 bits per heavy atom. The molecular weight excluding hydrogens is 693 g/mol. The van der Waals surface area contributed by atoms with Gasteiger partial charge in [-0.1, -0.05) is 29.8 Å². The summed E-state index contributed by atoms with van der Waals surface area (Å²) in [4.78, 5) is 12.8. The molecule has 1 amide bonds. The number of carbonyl (C=O) groups is 1. The molecule has 0 saturated carbocycles. The normalized spacial score (nSPS) is 11.2. The van der Waals surface area contributed by atoms with Gasteiger partial charge in [0.1, 0.15) is 19.0 Å². The van der Waals surface area contributed by atoms with Gasteiger partial charge in [0.15, 0.2) is 23.0 Å². The maximum atomic E-state index is 13.7. The first-order chi connectivity index (χ1) is 21.6. The van der Waals surface area contributed by atoms with E-state index >= 15 is 0 Å². The summed E-state index contributed by atoms with van der Waals surface area (Å²) >= 11 is 9.70. The molecule has 0 heterocycles. The van der Waals surface area contributed by atoms with Gasteiger partial charge in [-0.3, -0.25) is 9.10 Å². The highest BCUT2D eigenvalue weighted by Gasteiger charge is 2.28. The van der Waals surface area contributed by atoms with E-state index in [-0.39, 0.29) is 22.9 Å². The molecule has 0 fully saturated rings. The number of methoxy groups -OCH3 is 3. The van der Waals surface area contributed by atoms with Crippen LogP contribution in [0.4, 0.5) is 10.1 Å². The fourth-order valence-corrected chi connectivity index (χ4v) is 6.29. The van der Waals surface area contributed by atoms with Crippen LogP contribution in [0.15, 0.2) is 93.3 Å². The van der Waals surface area contributed by atoms with Crippen molar-refractivity contribution in [3.05, 3.63) is 105 Å². The first-order valence-corrected chi connectivity index (χ1v) is 15.7. The molecule has 1 N–H and O–H groups in total. The van der Waals surface area contributed by atoms with Crippen molar-refractivity contribution in [3.63, 3.8) is 0 Å². The van der Waals surface area contributed by atoms with Gasteiger partial charge in [-0.25, -0.2) is 18.2 Å². The molecule has 236 valence electrons. The van der Waals surface area contributed by atoms with Crippen LogP contribution < -0.4 is 28.7 Å². The topological polar surface area (TPSA) is 116 Å². The second kappa shape index (κ2) is 15.1. The summed E-state index contributed by atoms with van der Waals surface area (Å²) in [5.74, 6) is -0.000948. The van der Waals surface area contributed by atoms with E-state index in [1.807, 2.05) is 18.2 Å². The number of amides is 1. The number of ether oxygens (including phenoxy) is 4. The fourth-order valence-electron chi connectivity index (χ4n) is 4.09. The van der Waals surface area contributed by atoms with Crippen LogP contribution >= 0.6 is 27.5 Å². The number of nitrogens with zero attached hydrogens (tertiary/aromatic N) is 2. The lowest BCUT2D eigenvalue weighted by Gasteiger charge is -2.24. The average Bonchev–Trinajstić information content (AvgIpc) is 3.03. The smallest absolute Gasteiger partial charge is 0.264 e. The van der Waals surface area contributed by atoms with Gasteiger partial charge in [0.05, 0.1) is 42.6 Å². The van der Waals surface area contributed by atoms with Crippen LogP contribution in [0.2, 0.25) is 5.02 Å². The molecule has 14 heteroatoms. The highest BCUT2D eigenvalue weighted by atomic mass is 79.9. The number of hydrogen-bond acceptors (Lipinski definition) is 8. The van der Waals surface area contributed by atoms with Crippen molar-refractivity contribution in [2.24, 2.45) is 5.10 Å². The predicted molar refractivity (Wildman–Crippen MR) is 173 cm³/mol. The van der Waals surface area contributed by atoms with Crippen LogP contribution in [0.25, 0.3) is 0 Å². The Morgan fingerprint density at radius 2 is 1.64 bits per heavy atom. The highest BCUT2D eigenvalue weighted by Crippen LogP contribution is 2.37. The second-order valence-electron chi connectivity index (χ2n) is 9.21. The maximum absolute atomic E-state index is 13.7. The lowest BCUT2D eigenvalue weighted by atomic mass is 10.2. The van der Waals surface area contributed by atoms with Gasteiger partial charge >= 0.3 is 0 Å². The van der Waals surface area contributed by atoms with Crippen LogP contribution in [0.5, 0.6) is 23.0 Å². The number of nitrogens with one attached hydrogen (secondary N) is 1. The zero-order chi connectivity index (χ0) is 32.6. The number of rotatable bonds is 13. The summed E-state index contributed by atoms with van der Waals surface area (Å²) in [5.41, 5.74) is 3.73. The summed E-state index contributed by atoms with van der Waals surface area (Å²) in [6, 6.07) is 19.4. The number of halogens is 3. The van der Waals surface area contributed by atoms with Crippen molar-refractivity contribution in [2.75, 3.05) is 32.2 Å². The number of anilines is 1. The van der Waals surface area contributed by atoms with Crippen molar-refractivity contribution in [1.29, 1.82) is 0 Å². The average molecular weight is 721 g/mol. The van der Waals surface area contributed by atoms with Crippen LogP contribution in [0, 0.1) is 5.82 Å². The Kier molecular flexibility index (Phi) is 11.3. The van der Waals surface area contributed by atoms with E-state index in [0.717, 1.165) is 22.0 Å². The summed E-state index contributed by atoms with van der Waals surface area (Å²) in [7, 11) is -0.0594. The first-order valence-electron chi connectivity index (χ1n) is 13.1. The Labute approximate surface area is 273 Å². The molecule has 0 aromatic heterocycles. The minimum atomic E-state index is -4.33. The van der Waals surface area contributed by atoms with Crippen LogP contribution in [0.1, 0.15) is 11.1 Å². The van der Waals surface area contributed by atoms with Crippen molar-refractivity contribution in [2.45, 2.75) is 11.5 Å². The van der Waals surface area contributed by atoms with Crippen LogP contribution in [0.3, 0.4) is 0 Å².